The van der Waals surface area contributed by atoms with Gasteiger partial charge in [-0.15, -0.1) is 0 Å². The van der Waals surface area contributed by atoms with Gasteiger partial charge in [-0.2, -0.15) is 0 Å². The fraction of sp³-hybridized carbons (Fsp3) is 0.600. The van der Waals surface area contributed by atoms with Crippen molar-refractivity contribution < 1.29 is 71.7 Å². The second kappa shape index (κ2) is 44.9. The number of aliphatic hydroxyl groups is 1. The van der Waals surface area contributed by atoms with Crippen molar-refractivity contribution in [2.24, 2.45) is 11.3 Å². The van der Waals surface area contributed by atoms with Crippen LogP contribution in [0.15, 0.2) is 73.2 Å². The van der Waals surface area contributed by atoms with Crippen LogP contribution in [0.3, 0.4) is 0 Å². The molecule has 0 saturated carbocycles. The summed E-state index contributed by atoms with van der Waals surface area (Å²) in [5, 5.41) is 9.80. The molecule has 85 heavy (non-hydrogen) atoms. The first-order chi connectivity index (χ1) is 41.0. The lowest BCUT2D eigenvalue weighted by Gasteiger charge is -2.25. The molecule has 0 aliphatic rings. The number of unbranched alkanes of at least 4 members (excludes halogenated alkanes) is 13. The van der Waals surface area contributed by atoms with Gasteiger partial charge in [-0.1, -0.05) is 156 Å². The highest BCUT2D eigenvalue weighted by Gasteiger charge is 2.27. The van der Waals surface area contributed by atoms with E-state index < -0.39 is 18.0 Å². The van der Waals surface area contributed by atoms with Crippen molar-refractivity contribution in [1.82, 2.24) is 0 Å². The summed E-state index contributed by atoms with van der Waals surface area (Å²) >= 11 is 0. The Kier molecular flexibility index (Phi) is 39.4. The SMILES string of the molecule is C=C(OC)OCc1ccc(/C=C/C(=O)Oc2ccc(OC(=O)/C=C/c3ccc(C(CCCO)OC(=O)C(C)CC)c(OCCCCCC)c3OCCCCCC)cc2)c(OCCCCCC)c1OCCCCCC.CCCCOC(=O)C(C)(C)C. The number of esters is 4. The molecule has 0 aliphatic carbocycles. The third kappa shape index (κ3) is 30.9. The van der Waals surface area contributed by atoms with E-state index in [-0.39, 0.29) is 53.9 Å². The zero-order chi connectivity index (χ0) is 62.7. The molecule has 15 nitrogen and oxygen atoms in total. The summed E-state index contributed by atoms with van der Waals surface area (Å²) in [5.74, 6) is 0.646. The molecule has 0 fully saturated rings. The summed E-state index contributed by atoms with van der Waals surface area (Å²) in [5.41, 5.74) is 2.28. The van der Waals surface area contributed by atoms with E-state index >= 15 is 0 Å². The molecule has 0 spiro atoms. The predicted molar refractivity (Wildman–Crippen MR) is 338 cm³/mol. The second-order valence-electron chi connectivity index (χ2n) is 22.2. The quantitative estimate of drug-likeness (QED) is 0.0185. The van der Waals surface area contributed by atoms with Crippen LogP contribution in [0.25, 0.3) is 12.2 Å². The molecule has 0 saturated heterocycles. The summed E-state index contributed by atoms with van der Waals surface area (Å²) in [6, 6.07) is 13.6. The maximum absolute atomic E-state index is 13.3. The Morgan fingerprint density at radius 2 is 0.988 bits per heavy atom. The summed E-state index contributed by atoms with van der Waals surface area (Å²) in [4.78, 5) is 50.9. The molecule has 0 radical (unpaired) electrons. The maximum atomic E-state index is 13.3. The zero-order valence-electron chi connectivity index (χ0n) is 53.8. The van der Waals surface area contributed by atoms with Gasteiger partial charge in [0.2, 0.25) is 0 Å². The number of benzene rings is 3. The number of hydrogen-bond acceptors (Lipinski definition) is 15. The summed E-state index contributed by atoms with van der Waals surface area (Å²) in [7, 11) is 1.50. The van der Waals surface area contributed by atoms with E-state index in [0.717, 1.165) is 121 Å². The molecule has 476 valence electrons. The van der Waals surface area contributed by atoms with Crippen LogP contribution in [0.4, 0.5) is 0 Å². The first kappa shape index (κ1) is 74.6. The molecule has 0 heterocycles. The van der Waals surface area contributed by atoms with Crippen molar-refractivity contribution in [2.75, 3.05) is 46.8 Å². The molecule has 0 aromatic heterocycles. The Morgan fingerprint density at radius 3 is 1.42 bits per heavy atom. The average molecular weight is 1190 g/mol. The fourth-order valence-corrected chi connectivity index (χ4v) is 8.17. The van der Waals surface area contributed by atoms with Crippen LogP contribution in [0.2, 0.25) is 0 Å². The molecular weight excluding hydrogens is 1080 g/mol. The largest absolute Gasteiger partial charge is 0.489 e. The number of aliphatic hydroxyl groups excluding tert-OH is 1. The third-order valence-electron chi connectivity index (χ3n) is 13.6. The van der Waals surface area contributed by atoms with Crippen LogP contribution in [-0.4, -0.2) is 75.7 Å². The van der Waals surface area contributed by atoms with Gasteiger partial charge in [0, 0.05) is 41.0 Å². The first-order valence-corrected chi connectivity index (χ1v) is 31.6. The van der Waals surface area contributed by atoms with Gasteiger partial charge in [0.1, 0.15) is 24.2 Å². The van der Waals surface area contributed by atoms with Crippen LogP contribution >= 0.6 is 0 Å². The smallest absolute Gasteiger partial charge is 0.336 e. The van der Waals surface area contributed by atoms with Crippen molar-refractivity contribution in [3.05, 3.63) is 95.5 Å². The van der Waals surface area contributed by atoms with Crippen molar-refractivity contribution in [3.8, 4) is 34.5 Å². The molecule has 3 rings (SSSR count). The molecule has 2 atom stereocenters. The predicted octanol–water partition coefficient (Wildman–Crippen LogP) is 17.2. The Morgan fingerprint density at radius 1 is 0.541 bits per heavy atom. The number of hydrogen-bond donors (Lipinski definition) is 1. The van der Waals surface area contributed by atoms with Gasteiger partial charge in [-0.3, -0.25) is 9.59 Å². The van der Waals surface area contributed by atoms with Crippen LogP contribution in [0.1, 0.15) is 232 Å². The van der Waals surface area contributed by atoms with Crippen LogP contribution in [0, 0.1) is 11.3 Å². The number of ether oxygens (including phenoxy) is 10. The third-order valence-corrected chi connectivity index (χ3v) is 13.6. The summed E-state index contributed by atoms with van der Waals surface area (Å²) < 4.78 is 59.1. The van der Waals surface area contributed by atoms with E-state index in [4.69, 9.17) is 47.4 Å². The van der Waals surface area contributed by atoms with E-state index in [9.17, 15) is 24.3 Å². The van der Waals surface area contributed by atoms with Crippen molar-refractivity contribution >= 4 is 36.0 Å². The number of carbonyl (C=O) groups excluding carboxylic acids is 4. The van der Waals surface area contributed by atoms with Crippen LogP contribution in [-0.2, 0) is 44.7 Å². The van der Waals surface area contributed by atoms with Gasteiger partial charge < -0.3 is 52.5 Å². The first-order valence-electron chi connectivity index (χ1n) is 31.6. The molecule has 15 heteroatoms. The molecule has 3 aromatic carbocycles. The topological polar surface area (TPSA) is 181 Å². The van der Waals surface area contributed by atoms with E-state index in [0.29, 0.717) is 92.0 Å². The van der Waals surface area contributed by atoms with Crippen molar-refractivity contribution in [3.63, 3.8) is 0 Å². The standard InChI is InChI=1S/C61H88O13.C9H18O2/c1-9-14-18-22-41-67-57-48(28-29-50(45-71-47(7)66-8)59(57)69-43-24-20-16-11-3)31-38-55(63)72-51-33-35-52(36-34-51)73-56(64)39-32-49-30-37-53(54(27-26-40-62)74-61(65)46(6)13-5)60(70-44-25-21-17-12-4)58(49)68-42-23-19-15-10-2;1-5-6-7-11-8(10)9(2,3)4/h28-39,46,54,62H,7,9-27,40-45H2,1-6,8H3;5-7H2,1-4H3/b38-31+,39-32+;. The highest BCUT2D eigenvalue weighted by molar-refractivity contribution is 5.90. The molecular formula is C70H106O15. The molecule has 2 unspecified atom stereocenters. The molecule has 0 bridgehead atoms. The summed E-state index contributed by atoms with van der Waals surface area (Å²) in [6.45, 7) is 26.3. The monoisotopic (exact) mass is 1190 g/mol. The van der Waals surface area contributed by atoms with Crippen LogP contribution in [0.5, 0.6) is 34.5 Å². The van der Waals surface area contributed by atoms with E-state index in [1.807, 2.05) is 58.9 Å². The van der Waals surface area contributed by atoms with Gasteiger partial charge in [-0.25, -0.2) is 9.59 Å². The summed E-state index contributed by atoms with van der Waals surface area (Å²) in [6.07, 6.45) is 24.9. The zero-order valence-corrected chi connectivity index (χ0v) is 53.8. The minimum absolute atomic E-state index is 0.0621. The van der Waals surface area contributed by atoms with Gasteiger partial charge in [-0.05, 0) is 115 Å². The Bertz CT molecular complexity index is 2420. The van der Waals surface area contributed by atoms with Crippen molar-refractivity contribution in [1.29, 1.82) is 0 Å². The van der Waals surface area contributed by atoms with Crippen LogP contribution < -0.4 is 28.4 Å². The lowest BCUT2D eigenvalue weighted by molar-refractivity contribution is -0.155. The Labute approximate surface area is 510 Å². The number of methoxy groups -OCH3 is 1. The average Bonchev–Trinajstić information content (AvgIpc) is 2.59. The number of rotatable bonds is 44. The highest BCUT2D eigenvalue weighted by Crippen LogP contribution is 2.43. The maximum Gasteiger partial charge on any atom is 0.336 e. The minimum atomic E-state index is -0.681. The van der Waals surface area contributed by atoms with E-state index in [1.54, 1.807) is 36.4 Å². The van der Waals surface area contributed by atoms with Crippen molar-refractivity contribution in [2.45, 2.75) is 217 Å². The van der Waals surface area contributed by atoms with Gasteiger partial charge in [0.15, 0.2) is 23.0 Å². The van der Waals surface area contributed by atoms with Gasteiger partial charge >= 0.3 is 23.9 Å². The van der Waals surface area contributed by atoms with E-state index in [2.05, 4.69) is 41.2 Å². The van der Waals surface area contributed by atoms with Gasteiger partial charge in [0.05, 0.1) is 51.5 Å². The Balaban J connectivity index is 0.00000202. The number of carbonyl (C=O) groups is 4. The minimum Gasteiger partial charge on any atom is -0.489 e. The highest BCUT2D eigenvalue weighted by atomic mass is 16.7. The Hall–Kier alpha value is -6.48. The second-order valence-corrected chi connectivity index (χ2v) is 22.2. The fourth-order valence-electron chi connectivity index (χ4n) is 8.17. The molecule has 1 N–H and O–H groups in total. The molecule has 0 amide bonds. The van der Waals surface area contributed by atoms with E-state index in [1.165, 1.54) is 19.3 Å². The molecule has 3 aromatic rings. The normalized spacial score (nSPS) is 12.0. The molecule has 0 aliphatic heterocycles. The van der Waals surface area contributed by atoms with Gasteiger partial charge in [0.25, 0.3) is 5.95 Å². The lowest BCUT2D eigenvalue weighted by atomic mass is 9.97. The lowest BCUT2D eigenvalue weighted by Crippen LogP contribution is -2.23.